The van der Waals surface area contributed by atoms with Crippen LogP contribution in [-0.4, -0.2) is 15.9 Å². The number of anilines is 1. The second kappa shape index (κ2) is 5.88. The highest BCUT2D eigenvalue weighted by Crippen LogP contribution is 2.30. The van der Waals surface area contributed by atoms with E-state index in [1.54, 1.807) is 0 Å². The normalized spacial score (nSPS) is 14.1. The van der Waals surface area contributed by atoms with Gasteiger partial charge in [0.25, 0.3) is 0 Å². The van der Waals surface area contributed by atoms with Crippen LogP contribution in [0.25, 0.3) is 11.0 Å². The fourth-order valence-electron chi connectivity index (χ4n) is 2.73. The van der Waals surface area contributed by atoms with Crippen LogP contribution in [0.4, 0.5) is 5.69 Å². The van der Waals surface area contributed by atoms with E-state index in [0.717, 1.165) is 48.2 Å². The van der Waals surface area contributed by atoms with Gasteiger partial charge >= 0.3 is 0 Å². The van der Waals surface area contributed by atoms with Crippen molar-refractivity contribution >= 4 is 22.6 Å². The topological polar surface area (TPSA) is 57.8 Å². The number of fused-ring (bicyclic) bond motifs is 1. The Kier molecular flexibility index (Phi) is 3.58. The van der Waals surface area contributed by atoms with Crippen molar-refractivity contribution in [2.24, 2.45) is 5.92 Å². The number of aromatic amines is 1. The van der Waals surface area contributed by atoms with Gasteiger partial charge in [0.05, 0.1) is 11.0 Å². The molecule has 1 saturated carbocycles. The smallest absolute Gasteiger partial charge is 0.227 e. The van der Waals surface area contributed by atoms with Crippen LogP contribution >= 0.6 is 0 Å². The molecule has 116 valence electrons. The van der Waals surface area contributed by atoms with Gasteiger partial charge in [0.15, 0.2) is 0 Å². The number of hydrogen-bond donors (Lipinski definition) is 2. The highest BCUT2D eigenvalue weighted by Gasteiger charge is 2.29. The molecule has 1 heterocycles. The number of aromatic nitrogens is 2. The van der Waals surface area contributed by atoms with E-state index in [-0.39, 0.29) is 11.8 Å². The Balaban J connectivity index is 1.37. The lowest BCUT2D eigenvalue weighted by Crippen LogP contribution is -2.13. The highest BCUT2D eigenvalue weighted by atomic mass is 16.2. The van der Waals surface area contributed by atoms with Crippen LogP contribution in [-0.2, 0) is 17.6 Å². The lowest BCUT2D eigenvalue weighted by molar-refractivity contribution is -0.117. The molecule has 0 unspecified atom stereocenters. The Morgan fingerprint density at radius 1 is 1.09 bits per heavy atom. The first-order chi connectivity index (χ1) is 11.3. The Hall–Kier alpha value is -2.62. The van der Waals surface area contributed by atoms with Crippen molar-refractivity contribution in [3.8, 4) is 0 Å². The van der Waals surface area contributed by atoms with Gasteiger partial charge in [0, 0.05) is 18.0 Å². The summed E-state index contributed by atoms with van der Waals surface area (Å²) in [7, 11) is 0. The third-order valence-corrected chi connectivity index (χ3v) is 4.26. The van der Waals surface area contributed by atoms with Gasteiger partial charge in [0.1, 0.15) is 5.82 Å². The van der Waals surface area contributed by atoms with Gasteiger partial charge in [-0.2, -0.15) is 0 Å². The number of para-hydroxylation sites is 2. The van der Waals surface area contributed by atoms with E-state index < -0.39 is 0 Å². The summed E-state index contributed by atoms with van der Waals surface area (Å²) in [5, 5.41) is 2.97. The standard InChI is InChI=1S/C19H19N3O/c23-19(14-8-9-14)20-15-10-5-13(6-11-15)7-12-18-21-16-3-1-2-4-17(16)22-18/h1-6,10-11,14H,7-9,12H2,(H,20,23)(H,21,22). The van der Waals surface area contributed by atoms with Crippen LogP contribution in [0.1, 0.15) is 24.2 Å². The highest BCUT2D eigenvalue weighted by molar-refractivity contribution is 5.94. The van der Waals surface area contributed by atoms with E-state index in [2.05, 4.69) is 27.4 Å². The first kappa shape index (κ1) is 14.0. The zero-order chi connectivity index (χ0) is 15.6. The van der Waals surface area contributed by atoms with Crippen molar-refractivity contribution in [1.29, 1.82) is 0 Å². The summed E-state index contributed by atoms with van der Waals surface area (Å²) in [6.45, 7) is 0. The molecule has 0 saturated heterocycles. The maximum Gasteiger partial charge on any atom is 0.227 e. The molecule has 4 nitrogen and oxygen atoms in total. The molecular weight excluding hydrogens is 286 g/mol. The van der Waals surface area contributed by atoms with Gasteiger partial charge in [-0.25, -0.2) is 4.98 Å². The van der Waals surface area contributed by atoms with E-state index >= 15 is 0 Å². The SMILES string of the molecule is O=C(Nc1ccc(CCc2nc3ccccc3[nH]2)cc1)C1CC1. The van der Waals surface area contributed by atoms with E-state index in [1.807, 2.05) is 36.4 Å². The molecule has 4 rings (SSSR count). The molecule has 23 heavy (non-hydrogen) atoms. The molecule has 1 amide bonds. The first-order valence-electron chi connectivity index (χ1n) is 8.11. The first-order valence-corrected chi connectivity index (χ1v) is 8.11. The average molecular weight is 305 g/mol. The molecule has 0 spiro atoms. The Bertz CT molecular complexity index is 798. The molecule has 1 aliphatic carbocycles. The molecule has 0 aliphatic heterocycles. The van der Waals surface area contributed by atoms with Crippen LogP contribution < -0.4 is 5.32 Å². The molecule has 1 fully saturated rings. The van der Waals surface area contributed by atoms with Gasteiger partial charge in [-0.1, -0.05) is 24.3 Å². The second-order valence-corrected chi connectivity index (χ2v) is 6.16. The summed E-state index contributed by atoms with van der Waals surface area (Å²) >= 11 is 0. The fraction of sp³-hybridized carbons (Fsp3) is 0.263. The van der Waals surface area contributed by atoms with Crippen LogP contribution in [0, 0.1) is 5.92 Å². The van der Waals surface area contributed by atoms with Crippen molar-refractivity contribution < 1.29 is 4.79 Å². The fourth-order valence-corrected chi connectivity index (χ4v) is 2.73. The third kappa shape index (κ3) is 3.26. The van der Waals surface area contributed by atoms with E-state index in [1.165, 1.54) is 5.56 Å². The average Bonchev–Trinajstić information content (AvgIpc) is 3.34. The number of carbonyl (C=O) groups excluding carboxylic acids is 1. The summed E-state index contributed by atoms with van der Waals surface area (Å²) in [6, 6.07) is 16.2. The van der Waals surface area contributed by atoms with Crippen molar-refractivity contribution in [3.63, 3.8) is 0 Å². The molecule has 2 N–H and O–H groups in total. The Labute approximate surface area is 134 Å². The lowest BCUT2D eigenvalue weighted by Gasteiger charge is -2.05. The molecule has 3 aromatic rings. The zero-order valence-electron chi connectivity index (χ0n) is 12.9. The maximum atomic E-state index is 11.7. The summed E-state index contributed by atoms with van der Waals surface area (Å²) < 4.78 is 0. The number of benzene rings is 2. The van der Waals surface area contributed by atoms with Gasteiger partial charge in [-0.05, 0) is 49.1 Å². The predicted octanol–water partition coefficient (Wildman–Crippen LogP) is 3.70. The van der Waals surface area contributed by atoms with Gasteiger partial charge in [0.2, 0.25) is 5.91 Å². The van der Waals surface area contributed by atoms with Crippen LogP contribution in [0.5, 0.6) is 0 Å². The number of nitrogens with zero attached hydrogens (tertiary/aromatic N) is 1. The van der Waals surface area contributed by atoms with Crippen molar-refractivity contribution in [2.45, 2.75) is 25.7 Å². The van der Waals surface area contributed by atoms with Gasteiger partial charge in [-0.3, -0.25) is 4.79 Å². The lowest BCUT2D eigenvalue weighted by atomic mass is 10.1. The number of imidazole rings is 1. The number of aryl methyl sites for hydroxylation is 2. The monoisotopic (exact) mass is 305 g/mol. The minimum atomic E-state index is 0.153. The quantitative estimate of drug-likeness (QED) is 0.755. The molecule has 0 bridgehead atoms. The van der Waals surface area contributed by atoms with Crippen LogP contribution in [0.3, 0.4) is 0 Å². The number of carbonyl (C=O) groups is 1. The van der Waals surface area contributed by atoms with E-state index in [4.69, 9.17) is 0 Å². The minimum Gasteiger partial charge on any atom is -0.342 e. The van der Waals surface area contributed by atoms with Gasteiger partial charge in [-0.15, -0.1) is 0 Å². The Morgan fingerprint density at radius 3 is 2.61 bits per heavy atom. The predicted molar refractivity (Wildman–Crippen MR) is 91.3 cm³/mol. The molecule has 1 aliphatic rings. The van der Waals surface area contributed by atoms with Crippen molar-refractivity contribution in [1.82, 2.24) is 9.97 Å². The summed E-state index contributed by atoms with van der Waals surface area (Å²) in [4.78, 5) is 19.7. The molecule has 4 heteroatoms. The summed E-state index contributed by atoms with van der Waals surface area (Å²) in [5.74, 6) is 1.40. The molecule has 0 atom stereocenters. The second-order valence-electron chi connectivity index (χ2n) is 6.16. The number of H-pyrrole nitrogens is 1. The third-order valence-electron chi connectivity index (χ3n) is 4.26. The number of amides is 1. The van der Waals surface area contributed by atoms with Crippen LogP contribution in [0.2, 0.25) is 0 Å². The summed E-state index contributed by atoms with van der Waals surface area (Å²) in [6.07, 6.45) is 3.86. The minimum absolute atomic E-state index is 0.153. The number of rotatable bonds is 5. The molecule has 2 aromatic carbocycles. The van der Waals surface area contributed by atoms with Crippen molar-refractivity contribution in [2.75, 3.05) is 5.32 Å². The van der Waals surface area contributed by atoms with E-state index in [9.17, 15) is 4.79 Å². The van der Waals surface area contributed by atoms with Crippen LogP contribution in [0.15, 0.2) is 48.5 Å². The van der Waals surface area contributed by atoms with E-state index in [0.29, 0.717) is 0 Å². The van der Waals surface area contributed by atoms with Gasteiger partial charge < -0.3 is 10.3 Å². The van der Waals surface area contributed by atoms with Crippen molar-refractivity contribution in [3.05, 3.63) is 59.9 Å². The molecule has 1 aromatic heterocycles. The molecule has 0 radical (unpaired) electrons. The Morgan fingerprint density at radius 2 is 1.87 bits per heavy atom. The molecular formula is C19H19N3O. The summed E-state index contributed by atoms with van der Waals surface area (Å²) in [5.41, 5.74) is 4.23. The zero-order valence-corrected chi connectivity index (χ0v) is 12.9. The largest absolute Gasteiger partial charge is 0.342 e. The maximum absolute atomic E-state index is 11.7. The number of nitrogens with one attached hydrogen (secondary N) is 2. The number of hydrogen-bond acceptors (Lipinski definition) is 2.